The van der Waals surface area contributed by atoms with Crippen LogP contribution < -0.4 is 25.4 Å². The summed E-state index contributed by atoms with van der Waals surface area (Å²) in [5.41, 5.74) is 13.9. The quantitative estimate of drug-likeness (QED) is 0.104. The number of nitrogens with zero attached hydrogens (tertiary/aromatic N) is 2. The van der Waals surface area contributed by atoms with Crippen molar-refractivity contribution in [1.82, 2.24) is 15.0 Å². The highest BCUT2D eigenvalue weighted by Crippen LogP contribution is 2.21. The number of H-pyrrole nitrogens is 1. The SMILES string of the molecule is CCCc1ccc(-c2ccc(OC)nc2)cc1.CCCc1ccc(Br)cc1.COc1ccc(O[B]O)cn1.Cl.NCCc1ccc(-c2ccc(=O)[nH]c2)cc1. The Morgan fingerprint density at radius 1 is 0.655 bits per heavy atom. The second kappa shape index (κ2) is 26.8. The number of ether oxygens (including phenoxy) is 2. The van der Waals surface area contributed by atoms with E-state index in [0.29, 0.717) is 31.7 Å². The monoisotopic (exact) mass is 827 g/mol. The van der Waals surface area contributed by atoms with Crippen molar-refractivity contribution in [2.75, 3.05) is 20.8 Å². The number of hydrogen-bond acceptors (Lipinski definition) is 8. The molecule has 12 heteroatoms. The van der Waals surface area contributed by atoms with Crippen molar-refractivity contribution >= 4 is 36.0 Å². The summed E-state index contributed by atoms with van der Waals surface area (Å²) in [4.78, 5) is 21.6. The molecule has 0 fully saturated rings. The zero-order valence-electron chi connectivity index (χ0n) is 31.8. The van der Waals surface area contributed by atoms with E-state index in [1.165, 1.54) is 60.9 Å². The molecule has 3 aromatic carbocycles. The standard InChI is InChI=1S/C15H17NO.C13H14N2O.C9H11Br.C6H7BNO3.ClH/c1-3-4-12-5-7-13(8-6-12)14-9-10-15(17-2)16-11-14;14-8-7-10-1-3-11(4-2-10)12-5-6-13(16)15-9-12;1-2-3-8-4-6-9(10)7-5-8;1-10-6-3-2-5(4-8-6)11-7-9;/h5-11H,3-4H2,1-2H3;1-6,9H,7-8,14H2,(H,15,16);4-7H,2-3H2,1H3;2-4,9H,1H3;1H. The maximum Gasteiger partial charge on any atom is 0.569 e. The number of hydrogen-bond donors (Lipinski definition) is 3. The van der Waals surface area contributed by atoms with Gasteiger partial charge in [0.2, 0.25) is 17.3 Å². The van der Waals surface area contributed by atoms with Gasteiger partial charge >= 0.3 is 7.69 Å². The van der Waals surface area contributed by atoms with Crippen LogP contribution in [0.4, 0.5) is 0 Å². The molecule has 0 amide bonds. The van der Waals surface area contributed by atoms with Gasteiger partial charge in [-0.2, -0.15) is 0 Å². The average Bonchev–Trinajstić information content (AvgIpc) is 3.21. The molecule has 3 aromatic heterocycles. The minimum atomic E-state index is -0.0801. The maximum absolute atomic E-state index is 10.9. The molecule has 0 aliphatic rings. The van der Waals surface area contributed by atoms with Gasteiger partial charge in [0.1, 0.15) is 5.75 Å². The van der Waals surface area contributed by atoms with E-state index in [1.807, 2.05) is 36.5 Å². The Labute approximate surface area is 340 Å². The predicted octanol–water partition coefficient (Wildman–Crippen LogP) is 9.07. The summed E-state index contributed by atoms with van der Waals surface area (Å²) in [6, 6.07) is 35.9. The number of nitrogens with one attached hydrogen (secondary N) is 1. The number of pyridine rings is 3. The van der Waals surface area contributed by atoms with Crippen LogP contribution in [0.2, 0.25) is 0 Å². The van der Waals surface area contributed by atoms with E-state index in [1.54, 1.807) is 25.4 Å². The van der Waals surface area contributed by atoms with E-state index in [9.17, 15) is 4.79 Å². The van der Waals surface area contributed by atoms with Crippen molar-refractivity contribution in [2.45, 2.75) is 46.0 Å². The molecule has 6 rings (SSSR count). The van der Waals surface area contributed by atoms with E-state index in [4.69, 9.17) is 20.2 Å². The summed E-state index contributed by atoms with van der Waals surface area (Å²) >= 11 is 3.40. The van der Waals surface area contributed by atoms with E-state index in [0.717, 1.165) is 34.0 Å². The number of methoxy groups -OCH3 is 2. The van der Waals surface area contributed by atoms with Crippen LogP contribution in [0.25, 0.3) is 22.3 Å². The molecule has 4 N–H and O–H groups in total. The molecule has 6 aromatic rings. The molecule has 1 radical (unpaired) electrons. The van der Waals surface area contributed by atoms with Gasteiger partial charge in [-0.25, -0.2) is 9.97 Å². The number of aromatic amines is 1. The van der Waals surface area contributed by atoms with Gasteiger partial charge in [0.05, 0.1) is 20.4 Å². The van der Waals surface area contributed by atoms with Crippen LogP contribution in [-0.4, -0.2) is 48.4 Å². The van der Waals surface area contributed by atoms with Crippen LogP contribution in [-0.2, 0) is 19.3 Å². The second-order valence-electron chi connectivity index (χ2n) is 11.8. The molecule has 55 heavy (non-hydrogen) atoms. The molecule has 0 aliphatic carbocycles. The van der Waals surface area contributed by atoms with E-state index in [2.05, 4.69) is 110 Å². The molecule has 289 valence electrons. The summed E-state index contributed by atoms with van der Waals surface area (Å²) in [6.07, 6.45) is 10.6. The van der Waals surface area contributed by atoms with Crippen molar-refractivity contribution in [2.24, 2.45) is 5.73 Å². The summed E-state index contributed by atoms with van der Waals surface area (Å²) in [6.45, 7) is 5.06. The van der Waals surface area contributed by atoms with E-state index >= 15 is 0 Å². The highest BCUT2D eigenvalue weighted by Gasteiger charge is 2.01. The third kappa shape index (κ3) is 17.4. The highest BCUT2D eigenvalue weighted by atomic mass is 79.9. The summed E-state index contributed by atoms with van der Waals surface area (Å²) in [5.74, 6) is 1.62. The van der Waals surface area contributed by atoms with Crippen LogP contribution in [0.15, 0.2) is 137 Å². The molecule has 0 spiro atoms. The Morgan fingerprint density at radius 2 is 1.13 bits per heavy atom. The van der Waals surface area contributed by atoms with Crippen molar-refractivity contribution in [3.8, 4) is 39.8 Å². The van der Waals surface area contributed by atoms with Gasteiger partial charge in [-0.05, 0) is 89.5 Å². The summed E-state index contributed by atoms with van der Waals surface area (Å²) < 4.78 is 15.6. The van der Waals surface area contributed by atoms with Crippen molar-refractivity contribution in [3.05, 3.63) is 159 Å². The lowest BCUT2D eigenvalue weighted by Crippen LogP contribution is -2.02. The predicted molar refractivity (Wildman–Crippen MR) is 230 cm³/mol. The number of aromatic nitrogens is 3. The Morgan fingerprint density at radius 3 is 1.55 bits per heavy atom. The second-order valence-corrected chi connectivity index (χ2v) is 12.8. The minimum Gasteiger partial charge on any atom is -0.536 e. The van der Waals surface area contributed by atoms with Gasteiger partial charge in [-0.3, -0.25) is 4.79 Å². The Hall–Kier alpha value is -4.94. The topological polar surface area (TPSA) is 133 Å². The first-order valence-corrected chi connectivity index (χ1v) is 18.6. The molecule has 0 atom stereocenters. The van der Waals surface area contributed by atoms with Gasteiger partial charge in [-0.15, -0.1) is 12.4 Å². The Kier molecular flexibility index (Phi) is 22.5. The molecule has 0 unspecified atom stereocenters. The van der Waals surface area contributed by atoms with Gasteiger partial charge in [0, 0.05) is 40.6 Å². The molecule has 0 bridgehead atoms. The third-order valence-corrected chi connectivity index (χ3v) is 8.36. The first-order chi connectivity index (χ1) is 26.3. The smallest absolute Gasteiger partial charge is 0.536 e. The fourth-order valence-corrected chi connectivity index (χ4v) is 5.27. The molecule has 0 saturated carbocycles. The van der Waals surface area contributed by atoms with Crippen LogP contribution in [0.5, 0.6) is 17.5 Å². The van der Waals surface area contributed by atoms with Gasteiger partial charge in [-0.1, -0.05) is 103 Å². The van der Waals surface area contributed by atoms with Crippen molar-refractivity contribution in [1.29, 1.82) is 0 Å². The van der Waals surface area contributed by atoms with E-state index in [-0.39, 0.29) is 18.0 Å². The molecule has 3 heterocycles. The van der Waals surface area contributed by atoms with Gasteiger partial charge in [0.15, 0.2) is 0 Å². The zero-order chi connectivity index (χ0) is 39.0. The number of halogens is 2. The van der Waals surface area contributed by atoms with Crippen LogP contribution in [0.3, 0.4) is 0 Å². The van der Waals surface area contributed by atoms with Crippen LogP contribution in [0.1, 0.15) is 43.4 Å². The highest BCUT2D eigenvalue weighted by molar-refractivity contribution is 9.10. The Bertz CT molecular complexity index is 1930. The fourth-order valence-electron chi connectivity index (χ4n) is 5.00. The number of aryl methyl sites for hydroxylation is 2. The zero-order valence-corrected chi connectivity index (χ0v) is 34.2. The van der Waals surface area contributed by atoms with Crippen LogP contribution in [0, 0.1) is 0 Å². The Balaban J connectivity index is 0.000000258. The first kappa shape index (κ1) is 46.2. The number of nitrogens with two attached hydrogens (primary N) is 1. The normalized spacial score (nSPS) is 9.73. The van der Waals surface area contributed by atoms with Gasteiger partial charge < -0.3 is 29.9 Å². The lowest BCUT2D eigenvalue weighted by atomic mass is 10.0. The fraction of sp³-hybridized carbons (Fsp3) is 0.233. The minimum absolute atomic E-state index is 0. The molecule has 0 saturated heterocycles. The van der Waals surface area contributed by atoms with Crippen molar-refractivity contribution < 1.29 is 19.2 Å². The number of benzene rings is 3. The largest absolute Gasteiger partial charge is 0.569 e. The first-order valence-electron chi connectivity index (χ1n) is 17.8. The lowest BCUT2D eigenvalue weighted by molar-refractivity contribution is 0.395. The maximum atomic E-state index is 10.9. The third-order valence-electron chi connectivity index (χ3n) is 7.83. The van der Waals surface area contributed by atoms with E-state index < -0.39 is 0 Å². The summed E-state index contributed by atoms with van der Waals surface area (Å²) in [7, 11) is 3.76. The molecule has 0 aliphatic heterocycles. The molecular formula is C43H50BBrClN4O5. The van der Waals surface area contributed by atoms with Gasteiger partial charge in [0.25, 0.3) is 0 Å². The lowest BCUT2D eigenvalue weighted by Gasteiger charge is -2.04. The molecular weight excluding hydrogens is 779 g/mol. The summed E-state index contributed by atoms with van der Waals surface area (Å²) in [5, 5.41) is 8.24. The number of rotatable bonds is 12. The van der Waals surface area contributed by atoms with Crippen LogP contribution >= 0.6 is 28.3 Å². The van der Waals surface area contributed by atoms with Crippen molar-refractivity contribution in [3.63, 3.8) is 0 Å². The average molecular weight is 829 g/mol. The molecule has 9 nitrogen and oxygen atoms in total.